The van der Waals surface area contributed by atoms with Crippen LogP contribution in [0.25, 0.3) is 11.2 Å². The van der Waals surface area contributed by atoms with Gasteiger partial charge in [-0.05, 0) is 18.8 Å². The molecule has 0 radical (unpaired) electrons. The number of nitriles is 1. The molecule has 9 nitrogen and oxygen atoms in total. The Balaban J connectivity index is 1.49. The molecule has 4 rings (SSSR count). The van der Waals surface area contributed by atoms with Gasteiger partial charge in [-0.2, -0.15) is 24.2 Å². The monoisotopic (exact) mass is 360 g/mol. The number of anilines is 2. The average molecular weight is 360 g/mol. The second-order valence-electron chi connectivity index (χ2n) is 6.08. The van der Waals surface area contributed by atoms with Crippen molar-refractivity contribution >= 4 is 22.8 Å². The van der Waals surface area contributed by atoms with Crippen LogP contribution in [0, 0.1) is 23.2 Å². The Labute approximate surface area is 146 Å². The third-order valence-corrected chi connectivity index (χ3v) is 4.22. The largest absolute Gasteiger partial charge is 0.417 e. The quantitative estimate of drug-likeness (QED) is 0.693. The number of alkyl halides is 2. The van der Waals surface area contributed by atoms with Crippen LogP contribution in [0.15, 0.2) is 18.5 Å². The van der Waals surface area contributed by atoms with Crippen molar-refractivity contribution in [2.45, 2.75) is 26.0 Å². The van der Waals surface area contributed by atoms with Gasteiger partial charge in [-0.3, -0.25) is 0 Å². The zero-order valence-electron chi connectivity index (χ0n) is 13.4. The molecule has 0 amide bonds. The molecule has 1 saturated carbocycles. The van der Waals surface area contributed by atoms with E-state index in [4.69, 9.17) is 5.26 Å². The van der Waals surface area contributed by atoms with Crippen molar-refractivity contribution in [3.8, 4) is 11.9 Å². The number of H-pyrrole nitrogens is 1. The van der Waals surface area contributed by atoms with Gasteiger partial charge in [0.15, 0.2) is 17.3 Å². The van der Waals surface area contributed by atoms with Gasteiger partial charge in [0.25, 0.3) is 0 Å². The third kappa shape index (κ3) is 3.26. The van der Waals surface area contributed by atoms with Crippen LogP contribution in [-0.2, 0) is 6.54 Å². The number of nitrogens with zero attached hydrogens (tertiary/aromatic N) is 6. The maximum Gasteiger partial charge on any atom is 0.388 e. The van der Waals surface area contributed by atoms with Gasteiger partial charge in [0, 0.05) is 18.5 Å². The van der Waals surface area contributed by atoms with E-state index in [0.717, 1.165) is 12.8 Å². The van der Waals surface area contributed by atoms with E-state index >= 15 is 0 Å². The Hall–Kier alpha value is -3.29. The zero-order chi connectivity index (χ0) is 18.1. The number of ether oxygens (including phenoxy) is 1. The first-order valence-corrected chi connectivity index (χ1v) is 7.96. The molecule has 0 atom stereocenters. The van der Waals surface area contributed by atoms with E-state index in [9.17, 15) is 8.78 Å². The standard InChI is InChI=1S/C15H14F2N8O/c16-15(17)26-13-3-11(23-24-13)21-12-6-19-10-5-20-25(14(10)22-12)7-9-1-8(2-9)4-18/h3,5-6,8-9,15H,1-2,7H2,(H2,21,22,23,24)/t8-,9-. The lowest BCUT2D eigenvalue weighted by Gasteiger charge is -2.30. The van der Waals surface area contributed by atoms with E-state index in [1.165, 1.54) is 12.3 Å². The van der Waals surface area contributed by atoms with Gasteiger partial charge >= 0.3 is 6.61 Å². The van der Waals surface area contributed by atoms with Crippen molar-refractivity contribution in [2.75, 3.05) is 5.32 Å². The number of nitrogens with one attached hydrogen (secondary N) is 2. The van der Waals surface area contributed by atoms with Crippen molar-refractivity contribution in [1.82, 2.24) is 29.9 Å². The molecule has 1 aliphatic rings. The van der Waals surface area contributed by atoms with Crippen molar-refractivity contribution in [2.24, 2.45) is 11.8 Å². The zero-order valence-corrected chi connectivity index (χ0v) is 13.4. The van der Waals surface area contributed by atoms with Crippen molar-refractivity contribution in [1.29, 1.82) is 5.26 Å². The second kappa shape index (κ2) is 6.55. The Morgan fingerprint density at radius 3 is 3.00 bits per heavy atom. The fraction of sp³-hybridized carbons (Fsp3) is 0.400. The Kier molecular flexibility index (Phi) is 4.08. The van der Waals surface area contributed by atoms with Crippen LogP contribution in [0.1, 0.15) is 12.8 Å². The summed E-state index contributed by atoms with van der Waals surface area (Å²) >= 11 is 0. The van der Waals surface area contributed by atoms with Gasteiger partial charge in [-0.25, -0.2) is 19.7 Å². The minimum absolute atomic E-state index is 0.134. The molecule has 3 heterocycles. The first kappa shape index (κ1) is 16.2. The van der Waals surface area contributed by atoms with Gasteiger partial charge < -0.3 is 10.1 Å². The number of aromatic nitrogens is 6. The normalized spacial score (nSPS) is 19.3. The summed E-state index contributed by atoms with van der Waals surface area (Å²) in [6.07, 6.45) is 4.87. The number of fused-ring (bicyclic) bond motifs is 1. The Bertz CT molecular complexity index is 956. The highest BCUT2D eigenvalue weighted by molar-refractivity contribution is 5.71. The molecule has 1 fully saturated rings. The Morgan fingerprint density at radius 2 is 2.23 bits per heavy atom. The highest BCUT2D eigenvalue weighted by atomic mass is 19.3. The average Bonchev–Trinajstić information content (AvgIpc) is 3.17. The molecular formula is C15H14F2N8O. The molecule has 1 aliphatic carbocycles. The molecule has 0 spiro atoms. The second-order valence-corrected chi connectivity index (χ2v) is 6.08. The van der Waals surface area contributed by atoms with Crippen LogP contribution in [-0.4, -0.2) is 36.6 Å². The number of rotatable bonds is 6. The maximum atomic E-state index is 12.2. The van der Waals surface area contributed by atoms with Crippen LogP contribution >= 0.6 is 0 Å². The first-order chi connectivity index (χ1) is 12.6. The summed E-state index contributed by atoms with van der Waals surface area (Å²) in [5.41, 5.74) is 1.26. The van der Waals surface area contributed by atoms with Crippen LogP contribution in [0.2, 0.25) is 0 Å². The summed E-state index contributed by atoms with van der Waals surface area (Å²) in [5.74, 6) is 1.06. The molecule has 3 aromatic heterocycles. The van der Waals surface area contributed by atoms with Gasteiger partial charge in [-0.1, -0.05) is 0 Å². The lowest BCUT2D eigenvalue weighted by Crippen LogP contribution is -2.26. The third-order valence-electron chi connectivity index (χ3n) is 4.22. The molecule has 0 saturated heterocycles. The molecule has 0 bridgehead atoms. The molecule has 2 N–H and O–H groups in total. The van der Waals surface area contributed by atoms with E-state index in [1.54, 1.807) is 10.9 Å². The summed E-state index contributed by atoms with van der Waals surface area (Å²) in [6.45, 7) is -2.25. The maximum absolute atomic E-state index is 12.2. The minimum atomic E-state index is -2.93. The molecule has 0 aliphatic heterocycles. The molecule has 134 valence electrons. The lowest BCUT2D eigenvalue weighted by atomic mass is 9.76. The molecule has 3 aromatic rings. The lowest BCUT2D eigenvalue weighted by molar-refractivity contribution is -0.0528. The van der Waals surface area contributed by atoms with E-state index in [0.29, 0.717) is 29.4 Å². The number of hydrogen-bond donors (Lipinski definition) is 2. The predicted molar refractivity (Wildman–Crippen MR) is 85.7 cm³/mol. The minimum Gasteiger partial charge on any atom is -0.417 e. The summed E-state index contributed by atoms with van der Waals surface area (Å²) in [4.78, 5) is 8.76. The van der Waals surface area contributed by atoms with Crippen molar-refractivity contribution in [3.05, 3.63) is 18.5 Å². The van der Waals surface area contributed by atoms with Gasteiger partial charge in [0.1, 0.15) is 5.52 Å². The SMILES string of the molecule is N#C[C@H]1C[C@H](Cn2ncc3ncc(Nc4cc(OC(F)F)[nH]n4)nc32)C1. The fourth-order valence-electron chi connectivity index (χ4n) is 2.93. The summed E-state index contributed by atoms with van der Waals surface area (Å²) < 4.78 is 30.4. The van der Waals surface area contributed by atoms with Gasteiger partial charge in [0.2, 0.25) is 5.88 Å². The van der Waals surface area contributed by atoms with Crippen LogP contribution in [0.4, 0.5) is 20.4 Å². The summed E-state index contributed by atoms with van der Waals surface area (Å²) in [6, 6.07) is 3.56. The molecule has 0 unspecified atom stereocenters. The molecule has 11 heteroatoms. The first-order valence-electron chi connectivity index (χ1n) is 7.96. The van der Waals surface area contributed by atoms with E-state index in [1.807, 2.05) is 0 Å². The smallest absolute Gasteiger partial charge is 0.388 e. The highest BCUT2D eigenvalue weighted by Crippen LogP contribution is 2.34. The summed E-state index contributed by atoms with van der Waals surface area (Å²) in [7, 11) is 0. The molecular weight excluding hydrogens is 346 g/mol. The topological polar surface area (TPSA) is 117 Å². The van der Waals surface area contributed by atoms with Crippen LogP contribution < -0.4 is 10.1 Å². The molecule has 26 heavy (non-hydrogen) atoms. The van der Waals surface area contributed by atoms with Gasteiger partial charge in [-0.15, -0.1) is 0 Å². The van der Waals surface area contributed by atoms with Crippen LogP contribution in [0.5, 0.6) is 5.88 Å². The Morgan fingerprint density at radius 1 is 1.38 bits per heavy atom. The van der Waals surface area contributed by atoms with Crippen molar-refractivity contribution in [3.63, 3.8) is 0 Å². The number of halogens is 2. The van der Waals surface area contributed by atoms with Crippen molar-refractivity contribution < 1.29 is 13.5 Å². The summed E-state index contributed by atoms with van der Waals surface area (Å²) in [5, 5.41) is 22.2. The van der Waals surface area contributed by atoms with E-state index < -0.39 is 6.61 Å². The van der Waals surface area contributed by atoms with Gasteiger partial charge in [0.05, 0.1) is 18.5 Å². The molecule has 0 aromatic carbocycles. The van der Waals surface area contributed by atoms with E-state index in [-0.39, 0.29) is 17.6 Å². The number of aromatic amines is 1. The highest BCUT2D eigenvalue weighted by Gasteiger charge is 2.29. The fourth-order valence-corrected chi connectivity index (χ4v) is 2.93. The number of hydrogen-bond acceptors (Lipinski definition) is 7. The predicted octanol–water partition coefficient (Wildman–Crippen LogP) is 2.44. The van der Waals surface area contributed by atoms with E-state index in [2.05, 4.69) is 41.4 Å². The van der Waals surface area contributed by atoms with Crippen LogP contribution in [0.3, 0.4) is 0 Å².